The van der Waals surface area contributed by atoms with Gasteiger partial charge in [-0.25, -0.2) is 4.79 Å². The van der Waals surface area contributed by atoms with Crippen LogP contribution in [0.2, 0.25) is 0 Å². The lowest BCUT2D eigenvalue weighted by Gasteiger charge is -2.60. The van der Waals surface area contributed by atoms with Crippen molar-refractivity contribution in [1.82, 2.24) is 0 Å². The van der Waals surface area contributed by atoms with E-state index in [4.69, 9.17) is 28.4 Å². The fourth-order valence-corrected chi connectivity index (χ4v) is 19.0. The van der Waals surface area contributed by atoms with E-state index in [2.05, 4.69) is 18.6 Å². The number of hydrogen-bond donors (Lipinski definition) is 1. The van der Waals surface area contributed by atoms with Crippen LogP contribution in [0.25, 0.3) is 0 Å². The second-order valence-electron chi connectivity index (χ2n) is 33.6. The maximum absolute atomic E-state index is 12.7. The molecule has 1 saturated heterocycles. The van der Waals surface area contributed by atoms with Crippen LogP contribution in [0.15, 0.2) is 0 Å². The zero-order chi connectivity index (χ0) is 62.7. The number of cyclic esters (lactones) is 1. The average molecular weight is 1190 g/mol. The van der Waals surface area contributed by atoms with Crippen molar-refractivity contribution in [2.24, 2.45) is 92.7 Å². The molecule has 14 heteroatoms. The van der Waals surface area contributed by atoms with Crippen LogP contribution in [0.1, 0.15) is 271 Å². The molecule has 0 radical (unpaired) electrons. The Kier molecular flexibility index (Phi) is 19.7. The third-order valence-electron chi connectivity index (χ3n) is 24.3. The normalized spacial score (nSPS) is 39.0. The zero-order valence-electron chi connectivity index (χ0n) is 56.1. The summed E-state index contributed by atoms with van der Waals surface area (Å²) in [5, 5.41) is 10.6. The van der Waals surface area contributed by atoms with Crippen LogP contribution in [-0.4, -0.2) is 88.4 Å². The smallest absolute Gasteiger partial charge is 0.469 e. The van der Waals surface area contributed by atoms with E-state index >= 15 is 0 Å². The minimum atomic E-state index is -0.602. The van der Waals surface area contributed by atoms with E-state index in [0.29, 0.717) is 66.1 Å². The standard InChI is InChI=1S/C21H34O5.C18H30O2.C16H26O3.C9H12O2.C7H14O2/c1-7-19(5,6)16(22)24-20-9-14-8-15(10-20)12-21(11-14,13-20)26-17(23)25-18(2,3)4;1-5-17(3,4)16(19)20-18(6-2)14-8-12-7-13(10-14)11-15(18)9-12;1-4-14(2,3)13(17)19-16-8-11-5-12(9-16)7-15(18,6-11)10-16;10-9-8-6-2-1-5(3-6)7(8)4-11-9;1-5-7(2,3)6(8)9-4/h14-15H,7-13H2,1-6H3;12-15H,5-11H2,1-4H3;11-12,18H,4-10H2,1-3H3;5-8H,1-4H2;5H2,1-4H3. The number of esters is 5. The van der Waals surface area contributed by atoms with Crippen LogP contribution < -0.4 is 0 Å². The highest BCUT2D eigenvalue weighted by atomic mass is 16.7. The van der Waals surface area contributed by atoms with Gasteiger partial charge in [0.25, 0.3) is 0 Å². The summed E-state index contributed by atoms with van der Waals surface area (Å²) < 4.78 is 39.3. The fraction of sp³-hybridized carbons (Fsp3) is 0.915. The van der Waals surface area contributed by atoms with Gasteiger partial charge in [0.1, 0.15) is 28.0 Å². The number of carbonyl (C=O) groups excluding carboxylic acids is 6. The Balaban J connectivity index is 0.000000144. The Morgan fingerprint density at radius 1 is 0.494 bits per heavy atom. The summed E-state index contributed by atoms with van der Waals surface area (Å²) in [6, 6.07) is 0. The summed E-state index contributed by atoms with van der Waals surface area (Å²) in [5.41, 5.74) is -4.17. The summed E-state index contributed by atoms with van der Waals surface area (Å²) in [6.07, 6.45) is 25.2. The Morgan fingerprint density at radius 2 is 0.882 bits per heavy atom. The maximum atomic E-state index is 12.7. The van der Waals surface area contributed by atoms with Gasteiger partial charge in [-0.1, -0.05) is 34.6 Å². The molecule has 15 aliphatic rings. The lowest BCUT2D eigenvalue weighted by molar-refractivity contribution is -0.230. The van der Waals surface area contributed by atoms with E-state index in [1.807, 2.05) is 96.9 Å². The van der Waals surface area contributed by atoms with Crippen molar-refractivity contribution in [3.63, 3.8) is 0 Å². The molecule has 8 unspecified atom stereocenters. The van der Waals surface area contributed by atoms with Crippen LogP contribution in [0.5, 0.6) is 0 Å². The summed E-state index contributed by atoms with van der Waals surface area (Å²) in [5.74, 6) is 7.40. The predicted molar refractivity (Wildman–Crippen MR) is 325 cm³/mol. The molecule has 0 aromatic rings. The van der Waals surface area contributed by atoms with Gasteiger partial charge in [0.05, 0.1) is 46.9 Å². The van der Waals surface area contributed by atoms with E-state index in [1.54, 1.807) is 0 Å². The minimum absolute atomic E-state index is 0.0364. The summed E-state index contributed by atoms with van der Waals surface area (Å²) in [6.45, 7) is 32.1. The number of methoxy groups -OCH3 is 1. The molecule has 14 saturated carbocycles. The number of rotatable bonds is 13. The number of ether oxygens (including phenoxy) is 7. The zero-order valence-corrected chi connectivity index (χ0v) is 56.1. The van der Waals surface area contributed by atoms with Crippen molar-refractivity contribution < 1.29 is 67.0 Å². The van der Waals surface area contributed by atoms with E-state index < -0.39 is 39.4 Å². The van der Waals surface area contributed by atoms with Crippen molar-refractivity contribution in [1.29, 1.82) is 0 Å². The monoisotopic (exact) mass is 1190 g/mol. The molecular weight excluding hydrogens is 1080 g/mol. The quantitative estimate of drug-likeness (QED) is 0.135. The van der Waals surface area contributed by atoms with Crippen molar-refractivity contribution in [3.05, 3.63) is 0 Å². The Hall–Kier alpha value is -3.42. The topological polar surface area (TPSA) is 187 Å². The van der Waals surface area contributed by atoms with Gasteiger partial charge < -0.3 is 38.3 Å². The van der Waals surface area contributed by atoms with Crippen molar-refractivity contribution in [2.75, 3.05) is 13.7 Å². The molecule has 0 aromatic carbocycles. The Labute approximate surface area is 512 Å². The van der Waals surface area contributed by atoms with Crippen molar-refractivity contribution >= 4 is 36.0 Å². The fourth-order valence-electron chi connectivity index (χ4n) is 19.0. The molecular formula is C71H116O14. The summed E-state index contributed by atoms with van der Waals surface area (Å²) in [7, 11) is 1.42. The molecule has 85 heavy (non-hydrogen) atoms. The molecule has 14 bridgehead atoms. The van der Waals surface area contributed by atoms with Gasteiger partial charge in [-0.3, -0.25) is 24.0 Å². The molecule has 14 aliphatic carbocycles. The molecule has 0 aromatic heterocycles. The van der Waals surface area contributed by atoms with Gasteiger partial charge in [0.2, 0.25) is 0 Å². The summed E-state index contributed by atoms with van der Waals surface area (Å²) in [4.78, 5) is 72.1. The molecule has 0 spiro atoms. The molecule has 1 N–H and O–H groups in total. The number of hydrogen-bond acceptors (Lipinski definition) is 14. The third kappa shape index (κ3) is 14.6. The van der Waals surface area contributed by atoms with Crippen LogP contribution in [0.3, 0.4) is 0 Å². The first-order valence-corrected chi connectivity index (χ1v) is 34.0. The van der Waals surface area contributed by atoms with Gasteiger partial charge >= 0.3 is 36.0 Å². The SMILES string of the molecule is CCC(C)(C)C(=O)OC.CCC(C)(C)C(=O)OC1(CC)C2CC3CC(C2)CC1C3.CCC(C)(C)C(=O)OC12CC3CC(CC(O)(C3)C1)C2.CCC(C)(C)C(=O)OC12CC3CC(CC(OC(=O)OC(C)(C)C)(C3)C1)C2.O=C1OCC2C3CCC(C3)C12. The third-order valence-corrected chi connectivity index (χ3v) is 24.3. The summed E-state index contributed by atoms with van der Waals surface area (Å²) >= 11 is 0. The first-order chi connectivity index (χ1) is 39.4. The van der Waals surface area contributed by atoms with E-state index in [-0.39, 0.29) is 51.9 Å². The number of carbonyl (C=O) groups is 6. The highest BCUT2D eigenvalue weighted by Crippen LogP contribution is 2.63. The second kappa shape index (κ2) is 24.8. The predicted octanol–water partition coefficient (Wildman–Crippen LogP) is 15.4. The second-order valence-corrected chi connectivity index (χ2v) is 33.6. The molecule has 1 heterocycles. The first-order valence-electron chi connectivity index (χ1n) is 34.0. The van der Waals surface area contributed by atoms with Gasteiger partial charge in [-0.15, -0.1) is 0 Å². The van der Waals surface area contributed by atoms with Crippen LogP contribution in [0.4, 0.5) is 4.79 Å². The highest BCUT2D eigenvalue weighted by molar-refractivity contribution is 5.78. The van der Waals surface area contributed by atoms with Crippen LogP contribution in [-0.2, 0) is 57.1 Å². The van der Waals surface area contributed by atoms with Crippen molar-refractivity contribution in [3.8, 4) is 0 Å². The van der Waals surface area contributed by atoms with Crippen LogP contribution in [0, 0.1) is 92.7 Å². The van der Waals surface area contributed by atoms with Crippen molar-refractivity contribution in [2.45, 2.75) is 305 Å². The highest BCUT2D eigenvalue weighted by Gasteiger charge is 2.64. The Bertz CT molecular complexity index is 2370. The molecule has 15 fully saturated rings. The van der Waals surface area contributed by atoms with E-state index in [1.165, 1.54) is 64.9 Å². The molecule has 15 rings (SSSR count). The first kappa shape index (κ1) is 67.5. The molecule has 484 valence electrons. The molecule has 14 nitrogen and oxygen atoms in total. The van der Waals surface area contributed by atoms with Gasteiger partial charge in [0, 0.05) is 18.8 Å². The van der Waals surface area contributed by atoms with Gasteiger partial charge in [-0.2, -0.15) is 0 Å². The van der Waals surface area contributed by atoms with Crippen LogP contribution >= 0.6 is 0 Å². The lowest BCUT2D eigenvalue weighted by Crippen LogP contribution is -2.62. The molecule has 0 amide bonds. The van der Waals surface area contributed by atoms with Gasteiger partial charge in [0.15, 0.2) is 0 Å². The largest absolute Gasteiger partial charge is 0.509 e. The molecule has 1 aliphatic heterocycles. The van der Waals surface area contributed by atoms with E-state index in [9.17, 15) is 33.9 Å². The average Bonchev–Trinajstić information content (AvgIpc) is 2.77. The maximum Gasteiger partial charge on any atom is 0.509 e. The Morgan fingerprint density at radius 3 is 1.27 bits per heavy atom. The number of aliphatic hydroxyl groups is 1. The number of fused-ring (bicyclic) bond motifs is 5. The van der Waals surface area contributed by atoms with E-state index in [0.717, 1.165) is 114 Å². The molecule has 8 atom stereocenters. The van der Waals surface area contributed by atoms with Gasteiger partial charge in [-0.05, 0) is 283 Å². The minimum Gasteiger partial charge on any atom is -0.469 e. The lowest BCUT2D eigenvalue weighted by atomic mass is 9.49.